The maximum absolute atomic E-state index is 13.0. The van der Waals surface area contributed by atoms with Gasteiger partial charge in [-0.2, -0.15) is 0 Å². The molecule has 1 amide bonds. The van der Waals surface area contributed by atoms with Gasteiger partial charge in [0.05, 0.1) is 30.8 Å². The molecule has 2 N–H and O–H groups in total. The minimum Gasteiger partial charge on any atom is -0.494 e. The molecule has 1 aromatic heterocycles. The minimum absolute atomic E-state index is 0.208. The van der Waals surface area contributed by atoms with E-state index in [1.54, 1.807) is 43.5 Å². The molecule has 0 aliphatic carbocycles. The number of aromatic nitrogens is 2. The predicted octanol–water partition coefficient (Wildman–Crippen LogP) is 4.83. The molecule has 9 heteroatoms. The monoisotopic (exact) mass is 489 g/mol. The van der Waals surface area contributed by atoms with E-state index in [0.717, 1.165) is 12.1 Å². The Morgan fingerprint density at radius 2 is 1.86 bits per heavy atom. The molecule has 0 radical (unpaired) electrons. The summed E-state index contributed by atoms with van der Waals surface area (Å²) in [6.45, 7) is 8.88. The number of methoxy groups -OCH3 is 1. The van der Waals surface area contributed by atoms with E-state index in [0.29, 0.717) is 41.6 Å². The summed E-state index contributed by atoms with van der Waals surface area (Å²) in [6, 6.07) is 12.0. The van der Waals surface area contributed by atoms with Gasteiger partial charge < -0.3 is 25.0 Å². The summed E-state index contributed by atoms with van der Waals surface area (Å²) in [5, 5.41) is 5.93. The highest BCUT2D eigenvalue weighted by Crippen LogP contribution is 2.37. The first-order valence-corrected chi connectivity index (χ1v) is 11.6. The number of amides is 1. The molecule has 1 heterocycles. The fraction of sp³-hybridized carbons (Fsp3) is 0.259. The van der Waals surface area contributed by atoms with Crippen molar-refractivity contribution in [3.63, 3.8) is 0 Å². The zero-order chi connectivity index (χ0) is 26.1. The van der Waals surface area contributed by atoms with Crippen LogP contribution in [0.5, 0.6) is 11.5 Å². The Labute approximate surface area is 211 Å². The molecule has 0 saturated heterocycles. The molecule has 0 fully saturated rings. The highest BCUT2D eigenvalue weighted by Gasteiger charge is 2.17. The third-order valence-corrected chi connectivity index (χ3v) is 5.37. The van der Waals surface area contributed by atoms with Crippen LogP contribution in [0.3, 0.4) is 0 Å². The Balaban J connectivity index is 1.89. The van der Waals surface area contributed by atoms with Gasteiger partial charge in [0.15, 0.2) is 0 Å². The summed E-state index contributed by atoms with van der Waals surface area (Å²) in [6.07, 6.45) is 3.61. The van der Waals surface area contributed by atoms with Gasteiger partial charge in [-0.05, 0) is 55.8 Å². The standard InChI is InChI=1S/C27H31N5O4/c1-6-15-36-19-11-9-18(10-12-19)26(34)20-13-14-28-27(30-20)31-22-16-21(29-25(33)7-2)23(32(4)8-3)17-24(22)35-5/h7,9-14,16-17H,2,6,8,15H2,1,3-5H3,(H,29,33)(H,28,30,31). The lowest BCUT2D eigenvalue weighted by Crippen LogP contribution is -2.19. The number of ether oxygens (including phenoxy) is 2. The van der Waals surface area contributed by atoms with Crippen LogP contribution >= 0.6 is 0 Å². The van der Waals surface area contributed by atoms with E-state index in [-0.39, 0.29) is 23.3 Å². The molecule has 188 valence electrons. The SMILES string of the molecule is C=CC(=O)Nc1cc(Nc2nccc(C(=O)c3ccc(OCCC)cc3)n2)c(OC)cc1N(C)CC. The first kappa shape index (κ1) is 26.2. The van der Waals surface area contributed by atoms with Crippen LogP contribution in [0, 0.1) is 0 Å². The van der Waals surface area contributed by atoms with Crippen molar-refractivity contribution in [1.29, 1.82) is 0 Å². The van der Waals surface area contributed by atoms with Gasteiger partial charge >= 0.3 is 0 Å². The van der Waals surface area contributed by atoms with Crippen molar-refractivity contribution in [2.24, 2.45) is 0 Å². The normalized spacial score (nSPS) is 10.3. The zero-order valence-corrected chi connectivity index (χ0v) is 21.0. The van der Waals surface area contributed by atoms with Gasteiger partial charge in [-0.15, -0.1) is 0 Å². The molecule has 0 aliphatic rings. The number of ketones is 1. The average Bonchev–Trinajstić information content (AvgIpc) is 2.91. The van der Waals surface area contributed by atoms with Crippen LogP contribution in [-0.4, -0.2) is 49.0 Å². The number of hydrogen-bond donors (Lipinski definition) is 2. The molecule has 3 rings (SSSR count). The molecular formula is C27H31N5O4. The summed E-state index contributed by atoms with van der Waals surface area (Å²) in [5.41, 5.74) is 2.57. The summed E-state index contributed by atoms with van der Waals surface area (Å²) in [7, 11) is 3.46. The van der Waals surface area contributed by atoms with E-state index < -0.39 is 0 Å². The van der Waals surface area contributed by atoms with Crippen LogP contribution in [0.15, 0.2) is 61.3 Å². The molecule has 9 nitrogen and oxygen atoms in total. The maximum Gasteiger partial charge on any atom is 0.247 e. The molecule has 3 aromatic rings. The van der Waals surface area contributed by atoms with E-state index in [2.05, 4.69) is 27.2 Å². The maximum atomic E-state index is 13.0. The van der Waals surface area contributed by atoms with Crippen LogP contribution in [0.2, 0.25) is 0 Å². The van der Waals surface area contributed by atoms with Crippen LogP contribution in [-0.2, 0) is 4.79 Å². The molecule has 2 aromatic carbocycles. The lowest BCUT2D eigenvalue weighted by molar-refractivity contribution is -0.111. The van der Waals surface area contributed by atoms with Gasteiger partial charge in [-0.3, -0.25) is 9.59 Å². The van der Waals surface area contributed by atoms with Crippen molar-refractivity contribution in [3.05, 3.63) is 72.6 Å². The lowest BCUT2D eigenvalue weighted by atomic mass is 10.1. The van der Waals surface area contributed by atoms with Gasteiger partial charge in [0.1, 0.15) is 17.2 Å². The number of rotatable bonds is 12. The predicted molar refractivity (Wildman–Crippen MR) is 142 cm³/mol. The van der Waals surface area contributed by atoms with Crippen molar-refractivity contribution >= 4 is 34.7 Å². The van der Waals surface area contributed by atoms with Gasteiger partial charge in [-0.1, -0.05) is 13.5 Å². The molecule has 0 spiro atoms. The number of carbonyl (C=O) groups is 2. The third-order valence-electron chi connectivity index (χ3n) is 5.37. The summed E-state index contributed by atoms with van der Waals surface area (Å²) >= 11 is 0. The Bertz CT molecular complexity index is 1230. The van der Waals surface area contributed by atoms with Crippen molar-refractivity contribution in [2.75, 3.05) is 42.8 Å². The number of benzene rings is 2. The van der Waals surface area contributed by atoms with Gasteiger partial charge in [0.25, 0.3) is 0 Å². The fourth-order valence-corrected chi connectivity index (χ4v) is 3.34. The van der Waals surface area contributed by atoms with Crippen molar-refractivity contribution in [3.8, 4) is 11.5 Å². The van der Waals surface area contributed by atoms with Gasteiger partial charge in [-0.25, -0.2) is 9.97 Å². The number of carbonyl (C=O) groups excluding carboxylic acids is 2. The molecule has 0 saturated carbocycles. The Morgan fingerprint density at radius 1 is 1.11 bits per heavy atom. The molecule has 36 heavy (non-hydrogen) atoms. The highest BCUT2D eigenvalue weighted by molar-refractivity contribution is 6.08. The molecule has 0 bridgehead atoms. The first-order valence-electron chi connectivity index (χ1n) is 11.6. The van der Waals surface area contributed by atoms with Crippen molar-refractivity contribution in [1.82, 2.24) is 9.97 Å². The number of nitrogens with one attached hydrogen (secondary N) is 2. The Kier molecular flexibility index (Phi) is 8.99. The molecule has 0 aliphatic heterocycles. The average molecular weight is 490 g/mol. The second-order valence-electron chi connectivity index (χ2n) is 7.87. The first-order chi connectivity index (χ1) is 17.4. The zero-order valence-electron chi connectivity index (χ0n) is 21.0. The van der Waals surface area contributed by atoms with E-state index >= 15 is 0 Å². The summed E-state index contributed by atoms with van der Waals surface area (Å²) < 4.78 is 11.1. The second-order valence-corrected chi connectivity index (χ2v) is 7.87. The largest absolute Gasteiger partial charge is 0.494 e. The van der Waals surface area contributed by atoms with Crippen LogP contribution < -0.4 is 25.0 Å². The summed E-state index contributed by atoms with van der Waals surface area (Å²) in [5.74, 6) is 0.853. The topological polar surface area (TPSA) is 106 Å². The van der Waals surface area contributed by atoms with Crippen molar-refractivity contribution < 1.29 is 19.1 Å². The van der Waals surface area contributed by atoms with Crippen molar-refractivity contribution in [2.45, 2.75) is 20.3 Å². The van der Waals surface area contributed by atoms with E-state index in [4.69, 9.17) is 9.47 Å². The number of nitrogens with zero attached hydrogens (tertiary/aromatic N) is 3. The van der Waals surface area contributed by atoms with Crippen LogP contribution in [0.1, 0.15) is 36.3 Å². The smallest absolute Gasteiger partial charge is 0.247 e. The van der Waals surface area contributed by atoms with E-state index in [1.807, 2.05) is 31.9 Å². The fourth-order valence-electron chi connectivity index (χ4n) is 3.34. The molecule has 0 atom stereocenters. The molecular weight excluding hydrogens is 458 g/mol. The van der Waals surface area contributed by atoms with Gasteiger partial charge in [0, 0.05) is 31.4 Å². The van der Waals surface area contributed by atoms with Crippen LogP contribution in [0.25, 0.3) is 0 Å². The lowest BCUT2D eigenvalue weighted by Gasteiger charge is -2.23. The Hall–Kier alpha value is -4.40. The van der Waals surface area contributed by atoms with E-state index in [9.17, 15) is 9.59 Å². The van der Waals surface area contributed by atoms with Crippen LogP contribution in [0.4, 0.5) is 23.0 Å². The molecule has 0 unspecified atom stereocenters. The quantitative estimate of drug-likeness (QED) is 0.275. The second kappa shape index (κ2) is 12.3. The Morgan fingerprint density at radius 3 is 2.50 bits per heavy atom. The number of hydrogen-bond acceptors (Lipinski definition) is 8. The minimum atomic E-state index is -0.341. The number of anilines is 4. The van der Waals surface area contributed by atoms with E-state index in [1.165, 1.54) is 12.3 Å². The third kappa shape index (κ3) is 6.38. The van der Waals surface area contributed by atoms with Gasteiger partial charge in [0.2, 0.25) is 17.6 Å². The highest BCUT2D eigenvalue weighted by atomic mass is 16.5. The summed E-state index contributed by atoms with van der Waals surface area (Å²) in [4.78, 5) is 35.7.